The minimum Gasteiger partial charge on any atom is -0.388 e. The molecule has 0 bridgehead atoms. The van der Waals surface area contributed by atoms with E-state index in [0.29, 0.717) is 6.61 Å². The normalized spacial score (nSPS) is 9.64. The Balaban J connectivity index is 2.74. The molecule has 0 aromatic carbocycles. The molecular weight excluding hydrogens is 140 g/mol. The second-order valence-corrected chi connectivity index (χ2v) is 2.22. The summed E-state index contributed by atoms with van der Waals surface area (Å²) in [6.45, 7) is 0.565. The van der Waals surface area contributed by atoms with Gasteiger partial charge in [0, 0.05) is 26.0 Å². The Bertz CT molecular complexity index is 225. The highest BCUT2D eigenvalue weighted by Gasteiger charge is 1.93. The van der Waals surface area contributed by atoms with Crippen LogP contribution in [0.4, 0.5) is 5.69 Å². The topological polar surface area (TPSA) is 34.2 Å². The standard InChI is InChI=1S/C8H12N2O/c1-9-7-3-4-10-8(5-7)6-11-2/h3-5H,6H2,1-2H3,(H,9,10). The molecule has 0 aliphatic rings. The zero-order chi connectivity index (χ0) is 8.10. The van der Waals surface area contributed by atoms with E-state index in [1.807, 2.05) is 19.2 Å². The zero-order valence-electron chi connectivity index (χ0n) is 6.79. The third-order valence-electron chi connectivity index (χ3n) is 1.40. The van der Waals surface area contributed by atoms with Crippen LogP contribution in [0.1, 0.15) is 5.69 Å². The smallest absolute Gasteiger partial charge is 0.0884 e. The highest BCUT2D eigenvalue weighted by atomic mass is 16.5. The number of nitrogens with zero attached hydrogens (tertiary/aromatic N) is 1. The molecule has 3 heteroatoms. The first-order valence-corrected chi connectivity index (χ1v) is 3.48. The van der Waals surface area contributed by atoms with Crippen LogP contribution in [0.15, 0.2) is 18.3 Å². The maximum atomic E-state index is 4.94. The molecule has 11 heavy (non-hydrogen) atoms. The number of nitrogens with one attached hydrogen (secondary N) is 1. The molecule has 0 unspecified atom stereocenters. The van der Waals surface area contributed by atoms with Crippen LogP contribution in [0, 0.1) is 0 Å². The van der Waals surface area contributed by atoms with E-state index in [0.717, 1.165) is 11.4 Å². The summed E-state index contributed by atoms with van der Waals surface area (Å²) >= 11 is 0. The number of ether oxygens (including phenoxy) is 1. The van der Waals surface area contributed by atoms with Gasteiger partial charge in [0.15, 0.2) is 0 Å². The average molecular weight is 152 g/mol. The predicted octanol–water partition coefficient (Wildman–Crippen LogP) is 1.27. The minimum atomic E-state index is 0.565. The second kappa shape index (κ2) is 3.93. The molecule has 0 saturated heterocycles. The van der Waals surface area contributed by atoms with E-state index in [-0.39, 0.29) is 0 Å². The van der Waals surface area contributed by atoms with E-state index in [1.165, 1.54) is 0 Å². The first-order chi connectivity index (χ1) is 5.36. The molecule has 3 nitrogen and oxygen atoms in total. The van der Waals surface area contributed by atoms with E-state index in [1.54, 1.807) is 13.3 Å². The van der Waals surface area contributed by atoms with Gasteiger partial charge in [0.2, 0.25) is 0 Å². The van der Waals surface area contributed by atoms with Crippen LogP contribution in [0.25, 0.3) is 0 Å². The van der Waals surface area contributed by atoms with Crippen molar-refractivity contribution in [3.05, 3.63) is 24.0 Å². The van der Waals surface area contributed by atoms with Gasteiger partial charge in [-0.15, -0.1) is 0 Å². The van der Waals surface area contributed by atoms with E-state index in [2.05, 4.69) is 10.3 Å². The van der Waals surface area contributed by atoms with Crippen LogP contribution in [-0.2, 0) is 11.3 Å². The Kier molecular flexibility index (Phi) is 2.86. The van der Waals surface area contributed by atoms with Crippen LogP contribution < -0.4 is 5.32 Å². The van der Waals surface area contributed by atoms with Gasteiger partial charge in [0.25, 0.3) is 0 Å². The molecule has 0 aliphatic carbocycles. The summed E-state index contributed by atoms with van der Waals surface area (Å²) in [5.41, 5.74) is 2.01. The molecule has 1 N–H and O–H groups in total. The number of anilines is 1. The van der Waals surface area contributed by atoms with Gasteiger partial charge in [0.05, 0.1) is 12.3 Å². The Morgan fingerprint density at radius 3 is 3.09 bits per heavy atom. The maximum Gasteiger partial charge on any atom is 0.0884 e. The van der Waals surface area contributed by atoms with E-state index < -0.39 is 0 Å². The van der Waals surface area contributed by atoms with Crippen molar-refractivity contribution < 1.29 is 4.74 Å². The van der Waals surface area contributed by atoms with Gasteiger partial charge >= 0.3 is 0 Å². The van der Waals surface area contributed by atoms with Crippen molar-refractivity contribution in [1.29, 1.82) is 0 Å². The zero-order valence-corrected chi connectivity index (χ0v) is 6.79. The van der Waals surface area contributed by atoms with Gasteiger partial charge in [-0.25, -0.2) is 0 Å². The highest BCUT2D eigenvalue weighted by molar-refractivity contribution is 5.42. The van der Waals surface area contributed by atoms with Crippen molar-refractivity contribution in [2.24, 2.45) is 0 Å². The van der Waals surface area contributed by atoms with Crippen molar-refractivity contribution in [3.8, 4) is 0 Å². The first kappa shape index (κ1) is 8.01. The van der Waals surface area contributed by atoms with Crippen molar-refractivity contribution in [1.82, 2.24) is 4.98 Å². The molecular formula is C8H12N2O. The van der Waals surface area contributed by atoms with Gasteiger partial charge in [-0.05, 0) is 12.1 Å². The Morgan fingerprint density at radius 1 is 1.64 bits per heavy atom. The quantitative estimate of drug-likeness (QED) is 0.708. The maximum absolute atomic E-state index is 4.94. The summed E-state index contributed by atoms with van der Waals surface area (Å²) in [6.07, 6.45) is 1.76. The summed E-state index contributed by atoms with van der Waals surface area (Å²) in [7, 11) is 3.54. The van der Waals surface area contributed by atoms with E-state index >= 15 is 0 Å². The lowest BCUT2D eigenvalue weighted by atomic mass is 10.3. The molecule has 0 fully saturated rings. The molecule has 1 aromatic heterocycles. The third kappa shape index (κ3) is 2.20. The van der Waals surface area contributed by atoms with Crippen molar-refractivity contribution >= 4 is 5.69 Å². The molecule has 0 saturated carbocycles. The van der Waals surface area contributed by atoms with Crippen molar-refractivity contribution in [2.75, 3.05) is 19.5 Å². The molecule has 1 heterocycles. The lowest BCUT2D eigenvalue weighted by Crippen LogP contribution is -1.94. The molecule has 1 aromatic rings. The van der Waals surface area contributed by atoms with Crippen molar-refractivity contribution in [3.63, 3.8) is 0 Å². The Hall–Kier alpha value is -1.09. The summed E-state index contributed by atoms with van der Waals surface area (Å²) in [5.74, 6) is 0. The molecule has 0 aliphatic heterocycles. The second-order valence-electron chi connectivity index (χ2n) is 2.22. The van der Waals surface area contributed by atoms with Crippen molar-refractivity contribution in [2.45, 2.75) is 6.61 Å². The van der Waals surface area contributed by atoms with Crippen LogP contribution in [0.3, 0.4) is 0 Å². The monoisotopic (exact) mass is 152 g/mol. The fourth-order valence-corrected chi connectivity index (χ4v) is 0.861. The summed E-state index contributed by atoms with van der Waals surface area (Å²) in [6, 6.07) is 3.88. The lowest BCUT2D eigenvalue weighted by Gasteiger charge is -2.01. The molecule has 1 rings (SSSR count). The molecule has 60 valence electrons. The minimum absolute atomic E-state index is 0.565. The molecule has 0 atom stereocenters. The Labute approximate surface area is 66.4 Å². The first-order valence-electron chi connectivity index (χ1n) is 3.48. The Morgan fingerprint density at radius 2 is 2.45 bits per heavy atom. The molecule has 0 radical (unpaired) electrons. The lowest BCUT2D eigenvalue weighted by molar-refractivity contribution is 0.181. The summed E-state index contributed by atoms with van der Waals surface area (Å²) in [5, 5.41) is 3.03. The van der Waals surface area contributed by atoms with Gasteiger partial charge < -0.3 is 10.1 Å². The fraction of sp³-hybridized carbons (Fsp3) is 0.375. The largest absolute Gasteiger partial charge is 0.388 e. The highest BCUT2D eigenvalue weighted by Crippen LogP contribution is 2.06. The van der Waals surface area contributed by atoms with Crippen LogP contribution in [0.2, 0.25) is 0 Å². The summed E-state index contributed by atoms with van der Waals surface area (Å²) in [4.78, 5) is 4.11. The van der Waals surface area contributed by atoms with Crippen LogP contribution in [-0.4, -0.2) is 19.1 Å². The average Bonchev–Trinajstić information content (AvgIpc) is 2.06. The van der Waals surface area contributed by atoms with Crippen LogP contribution >= 0.6 is 0 Å². The number of rotatable bonds is 3. The van der Waals surface area contributed by atoms with Gasteiger partial charge in [0.1, 0.15) is 0 Å². The number of hydrogen-bond acceptors (Lipinski definition) is 3. The number of pyridine rings is 1. The number of methoxy groups -OCH3 is 1. The number of hydrogen-bond donors (Lipinski definition) is 1. The van der Waals surface area contributed by atoms with Gasteiger partial charge in [-0.1, -0.05) is 0 Å². The van der Waals surface area contributed by atoms with Gasteiger partial charge in [-0.2, -0.15) is 0 Å². The molecule has 0 amide bonds. The predicted molar refractivity (Wildman–Crippen MR) is 44.5 cm³/mol. The van der Waals surface area contributed by atoms with Crippen LogP contribution in [0.5, 0.6) is 0 Å². The number of aromatic nitrogens is 1. The summed E-state index contributed by atoms with van der Waals surface area (Å²) < 4.78 is 4.94. The fourth-order valence-electron chi connectivity index (χ4n) is 0.861. The van der Waals surface area contributed by atoms with E-state index in [9.17, 15) is 0 Å². The van der Waals surface area contributed by atoms with E-state index in [4.69, 9.17) is 4.74 Å². The molecule has 0 spiro atoms. The third-order valence-corrected chi connectivity index (χ3v) is 1.40. The SMILES string of the molecule is CNc1ccnc(COC)c1. The van der Waals surface area contributed by atoms with Gasteiger partial charge in [-0.3, -0.25) is 4.98 Å².